The zero-order chi connectivity index (χ0) is 22.2. The van der Waals surface area contributed by atoms with E-state index < -0.39 is 12.2 Å². The number of hydrogen-bond donors (Lipinski definition) is 4. The van der Waals surface area contributed by atoms with Crippen LogP contribution in [0.15, 0.2) is 35.3 Å². The van der Waals surface area contributed by atoms with Gasteiger partial charge < -0.3 is 25.8 Å². The van der Waals surface area contributed by atoms with E-state index >= 15 is 0 Å². The number of unbranched alkanes of at least 4 members (excludes halogenated alkanes) is 1. The van der Waals surface area contributed by atoms with Gasteiger partial charge in [-0.1, -0.05) is 13.3 Å². The molecule has 0 atom stereocenters. The molecule has 2 heterocycles. The molecule has 0 fully saturated rings. The number of nitrogens with zero attached hydrogens (tertiary/aromatic N) is 2. The number of amides is 2. The van der Waals surface area contributed by atoms with Gasteiger partial charge in [0.2, 0.25) is 0 Å². The van der Waals surface area contributed by atoms with E-state index in [9.17, 15) is 9.59 Å². The number of fused-ring (bicyclic) bond motifs is 1. The van der Waals surface area contributed by atoms with Gasteiger partial charge in [0, 0.05) is 12.6 Å². The van der Waals surface area contributed by atoms with Gasteiger partial charge in [0.25, 0.3) is 0 Å². The number of anilines is 3. The van der Waals surface area contributed by atoms with Gasteiger partial charge in [0.15, 0.2) is 5.82 Å². The maximum atomic E-state index is 11.8. The zero-order valence-electron chi connectivity index (χ0n) is 17.5. The van der Waals surface area contributed by atoms with Crippen molar-refractivity contribution in [2.45, 2.75) is 26.7 Å². The van der Waals surface area contributed by atoms with Crippen LogP contribution in [0.1, 0.15) is 32.3 Å². The lowest BCUT2D eigenvalue weighted by molar-refractivity contribution is 0.168. The molecule has 3 rings (SSSR count). The topological polar surface area (TPSA) is 140 Å². The third-order valence-electron chi connectivity index (χ3n) is 4.42. The van der Waals surface area contributed by atoms with Crippen LogP contribution in [-0.4, -0.2) is 42.6 Å². The fourth-order valence-corrected chi connectivity index (χ4v) is 2.89. The van der Waals surface area contributed by atoms with Crippen LogP contribution >= 0.6 is 0 Å². The van der Waals surface area contributed by atoms with Crippen LogP contribution in [0.3, 0.4) is 0 Å². The molecule has 0 aliphatic carbocycles. The summed E-state index contributed by atoms with van der Waals surface area (Å²) in [5.74, 6) is 0.899. The van der Waals surface area contributed by atoms with Crippen LogP contribution in [-0.2, 0) is 4.74 Å². The largest absolute Gasteiger partial charge is 0.450 e. The molecule has 2 aromatic rings. The predicted octanol–water partition coefficient (Wildman–Crippen LogP) is 3.67. The number of rotatable bonds is 7. The number of hydrogen-bond acceptors (Lipinski definition) is 8. The highest BCUT2D eigenvalue weighted by molar-refractivity contribution is 6.08. The summed E-state index contributed by atoms with van der Waals surface area (Å²) in [6.45, 7) is 5.06. The Morgan fingerprint density at radius 3 is 2.68 bits per heavy atom. The lowest BCUT2D eigenvalue weighted by Crippen LogP contribution is -2.27. The Bertz CT molecular complexity index is 975. The Morgan fingerprint density at radius 2 is 1.97 bits per heavy atom. The molecule has 1 aromatic heterocycles. The van der Waals surface area contributed by atoms with Gasteiger partial charge in [0.1, 0.15) is 17.3 Å². The van der Waals surface area contributed by atoms with Crippen LogP contribution in [0.2, 0.25) is 0 Å². The molecule has 10 nitrogen and oxygen atoms in total. The lowest BCUT2D eigenvalue weighted by Gasteiger charge is -2.20. The Morgan fingerprint density at radius 1 is 1.19 bits per heavy atom. The van der Waals surface area contributed by atoms with Crippen LogP contribution < -0.4 is 26.4 Å². The molecule has 0 unspecified atom stereocenters. The average Bonchev–Trinajstić information content (AvgIpc) is 2.74. The van der Waals surface area contributed by atoms with Gasteiger partial charge in [-0.3, -0.25) is 5.32 Å². The second-order valence-corrected chi connectivity index (χ2v) is 6.74. The Balaban J connectivity index is 1.70. The van der Waals surface area contributed by atoms with E-state index in [0.29, 0.717) is 30.2 Å². The minimum Gasteiger partial charge on any atom is -0.450 e. The van der Waals surface area contributed by atoms with E-state index in [4.69, 9.17) is 15.2 Å². The smallest absolute Gasteiger partial charge is 0.412 e. The van der Waals surface area contributed by atoms with Crippen LogP contribution in [0.4, 0.5) is 32.6 Å². The summed E-state index contributed by atoms with van der Waals surface area (Å²) in [5.41, 5.74) is 8.80. The second kappa shape index (κ2) is 10.3. The lowest BCUT2D eigenvalue weighted by atomic mass is 10.1. The summed E-state index contributed by atoms with van der Waals surface area (Å²) < 4.78 is 10.1. The first-order chi connectivity index (χ1) is 15.0. The third-order valence-corrected chi connectivity index (χ3v) is 4.42. The van der Waals surface area contributed by atoms with E-state index in [-0.39, 0.29) is 18.2 Å². The fourth-order valence-electron chi connectivity index (χ4n) is 2.89. The molecular formula is C21H26N6O4. The Hall–Kier alpha value is -3.82. The van der Waals surface area contributed by atoms with Crippen LogP contribution in [0.5, 0.6) is 5.75 Å². The van der Waals surface area contributed by atoms with E-state index in [1.165, 1.54) is 0 Å². The van der Waals surface area contributed by atoms with Gasteiger partial charge >= 0.3 is 12.2 Å². The maximum Gasteiger partial charge on any atom is 0.412 e. The first kappa shape index (κ1) is 21.9. The van der Waals surface area contributed by atoms with E-state index in [1.807, 2.05) is 12.1 Å². The number of nitrogens with two attached hydrogens (primary N) is 1. The molecule has 5 N–H and O–H groups in total. The van der Waals surface area contributed by atoms with Gasteiger partial charge in [-0.25, -0.2) is 19.6 Å². The minimum absolute atomic E-state index is 0.178. The van der Waals surface area contributed by atoms with Gasteiger partial charge in [-0.2, -0.15) is 0 Å². The molecule has 0 saturated carbocycles. The highest BCUT2D eigenvalue weighted by Gasteiger charge is 2.18. The highest BCUT2D eigenvalue weighted by atomic mass is 16.6. The van der Waals surface area contributed by atoms with Crippen LogP contribution in [0, 0.1) is 0 Å². The molecular weight excluding hydrogens is 400 g/mol. The number of carbonyl (C=O) groups is 2. The van der Waals surface area contributed by atoms with Gasteiger partial charge in [-0.15, -0.1) is 0 Å². The predicted molar refractivity (Wildman–Crippen MR) is 119 cm³/mol. The minimum atomic E-state index is -0.601. The highest BCUT2D eigenvalue weighted by Crippen LogP contribution is 2.35. The normalized spacial score (nSPS) is 12.1. The molecule has 1 aliphatic rings. The summed E-state index contributed by atoms with van der Waals surface area (Å²) in [6.07, 6.45) is 0.826. The quantitative estimate of drug-likeness (QED) is 0.495. The first-order valence-electron chi connectivity index (χ1n) is 10.1. The van der Waals surface area contributed by atoms with Crippen LogP contribution in [0.25, 0.3) is 0 Å². The molecule has 164 valence electrons. The molecule has 10 heteroatoms. The number of pyridine rings is 1. The number of ether oxygens (including phenoxy) is 2. The monoisotopic (exact) mass is 426 g/mol. The number of nitrogens with one attached hydrogen (secondary N) is 3. The average molecular weight is 426 g/mol. The first-order valence-corrected chi connectivity index (χ1v) is 10.1. The second-order valence-electron chi connectivity index (χ2n) is 6.74. The summed E-state index contributed by atoms with van der Waals surface area (Å²) in [6, 6.07) is 8.71. The van der Waals surface area contributed by atoms with Crippen molar-refractivity contribution >= 4 is 40.9 Å². The molecule has 0 bridgehead atoms. The molecule has 1 aliphatic heterocycles. The fraction of sp³-hybridized carbons (Fsp3) is 0.333. The summed E-state index contributed by atoms with van der Waals surface area (Å²) in [4.78, 5) is 32.1. The molecule has 0 saturated heterocycles. The number of benzene rings is 1. The van der Waals surface area contributed by atoms with Crippen molar-refractivity contribution in [3.8, 4) is 5.75 Å². The van der Waals surface area contributed by atoms with E-state index in [1.54, 1.807) is 25.1 Å². The number of nitrogen functional groups attached to an aromatic ring is 1. The van der Waals surface area contributed by atoms with Gasteiger partial charge in [0.05, 0.1) is 24.6 Å². The van der Waals surface area contributed by atoms with Crippen molar-refractivity contribution < 1.29 is 19.1 Å². The van der Waals surface area contributed by atoms with Crippen molar-refractivity contribution in [2.24, 2.45) is 4.99 Å². The van der Waals surface area contributed by atoms with Crippen molar-refractivity contribution in [3.05, 3.63) is 35.9 Å². The Labute approximate surface area is 180 Å². The molecule has 1 aromatic carbocycles. The van der Waals surface area contributed by atoms with E-state index in [2.05, 4.69) is 32.9 Å². The number of carbonyl (C=O) groups excluding carboxylic acids is 2. The van der Waals surface area contributed by atoms with Crippen molar-refractivity contribution in [1.29, 1.82) is 0 Å². The number of aromatic nitrogens is 1. The summed E-state index contributed by atoms with van der Waals surface area (Å²) >= 11 is 0. The van der Waals surface area contributed by atoms with Crippen molar-refractivity contribution in [2.75, 3.05) is 36.1 Å². The summed E-state index contributed by atoms with van der Waals surface area (Å²) in [5, 5.41) is 8.46. The zero-order valence-corrected chi connectivity index (χ0v) is 17.5. The van der Waals surface area contributed by atoms with Crippen molar-refractivity contribution in [3.63, 3.8) is 0 Å². The molecule has 0 radical (unpaired) electrons. The summed E-state index contributed by atoms with van der Waals surface area (Å²) in [7, 11) is 0. The standard InChI is InChI=1S/C21H26N6O4/c1-3-5-10-23-20(28)31-14-8-6-13(7-9-14)16-12-24-15-11-17(27-21(29)30-4-2)26-19(22)18(15)25-16/h6-9,11,24H,3-5,10,12H2,1-2H3,(H,23,28)(H3,22,26,27,29). The number of aliphatic imine (C=N–C) groups is 1. The molecule has 2 amide bonds. The third kappa shape index (κ3) is 5.84. The maximum absolute atomic E-state index is 11.8. The van der Waals surface area contributed by atoms with E-state index in [0.717, 1.165) is 24.1 Å². The Kier molecular flexibility index (Phi) is 7.26. The SMILES string of the molecule is CCCCNC(=O)Oc1ccc(C2=Nc3c(cc(NC(=O)OCC)nc3N)NC2)cc1. The van der Waals surface area contributed by atoms with Gasteiger partial charge in [-0.05, 0) is 43.2 Å². The van der Waals surface area contributed by atoms with Crippen molar-refractivity contribution in [1.82, 2.24) is 10.3 Å². The molecule has 0 spiro atoms. The molecule has 31 heavy (non-hydrogen) atoms.